The van der Waals surface area contributed by atoms with Crippen LogP contribution in [-0.2, 0) is 14.8 Å². The molecule has 1 aliphatic rings. The van der Waals surface area contributed by atoms with E-state index in [2.05, 4.69) is 0 Å². The number of nitrogens with zero attached hydrogens (tertiary/aromatic N) is 1. The summed E-state index contributed by atoms with van der Waals surface area (Å²) >= 11 is 0. The highest BCUT2D eigenvalue weighted by Crippen LogP contribution is 2.19. The van der Waals surface area contributed by atoms with Gasteiger partial charge in [-0.25, -0.2) is 12.7 Å². The maximum absolute atomic E-state index is 11.9. The second-order valence-electron chi connectivity index (χ2n) is 4.14. The van der Waals surface area contributed by atoms with E-state index in [1.165, 1.54) is 4.31 Å². The first-order chi connectivity index (χ1) is 7.97. The monoisotopic (exact) mass is 263 g/mol. The van der Waals surface area contributed by atoms with Crippen molar-refractivity contribution in [2.75, 3.05) is 32.1 Å². The number of sulfonamides is 1. The molecular formula is C10H21N3O3S. The van der Waals surface area contributed by atoms with Crippen LogP contribution in [0.1, 0.15) is 19.8 Å². The SMILES string of the molecule is CCOCCS(=O)(=O)N1CCC(C(=N)N)CC1. The van der Waals surface area contributed by atoms with Crippen LogP contribution in [0.25, 0.3) is 0 Å². The van der Waals surface area contributed by atoms with Crippen molar-refractivity contribution in [2.45, 2.75) is 19.8 Å². The number of nitrogens with two attached hydrogens (primary N) is 1. The average molecular weight is 263 g/mol. The fraction of sp³-hybridized carbons (Fsp3) is 0.900. The molecule has 0 aromatic heterocycles. The lowest BCUT2D eigenvalue weighted by atomic mass is 9.97. The predicted octanol–water partition coefficient (Wildman–Crippen LogP) is 0.000670. The number of hydrogen-bond acceptors (Lipinski definition) is 4. The molecular weight excluding hydrogens is 242 g/mol. The summed E-state index contributed by atoms with van der Waals surface area (Å²) in [7, 11) is -3.21. The van der Waals surface area contributed by atoms with E-state index in [1.54, 1.807) is 0 Å². The van der Waals surface area contributed by atoms with E-state index in [9.17, 15) is 8.42 Å². The van der Waals surface area contributed by atoms with Crippen LogP contribution in [0.3, 0.4) is 0 Å². The Morgan fingerprint density at radius 2 is 2.06 bits per heavy atom. The van der Waals surface area contributed by atoms with Crippen LogP contribution in [0.2, 0.25) is 0 Å². The van der Waals surface area contributed by atoms with Crippen molar-refractivity contribution in [3.63, 3.8) is 0 Å². The van der Waals surface area contributed by atoms with Crippen molar-refractivity contribution in [2.24, 2.45) is 11.7 Å². The summed E-state index contributed by atoms with van der Waals surface area (Å²) in [4.78, 5) is 0. The van der Waals surface area contributed by atoms with Gasteiger partial charge in [-0.05, 0) is 19.8 Å². The number of hydrogen-bond donors (Lipinski definition) is 2. The van der Waals surface area contributed by atoms with Crippen molar-refractivity contribution in [3.05, 3.63) is 0 Å². The van der Waals surface area contributed by atoms with E-state index in [1.807, 2.05) is 6.92 Å². The van der Waals surface area contributed by atoms with Crippen LogP contribution in [-0.4, -0.2) is 50.6 Å². The standard InChI is InChI=1S/C10H21N3O3S/c1-2-16-7-8-17(14,15)13-5-3-9(4-6-13)10(11)12/h9H,2-8H2,1H3,(H3,11,12). The summed E-state index contributed by atoms with van der Waals surface area (Å²) < 4.78 is 30.3. The molecule has 17 heavy (non-hydrogen) atoms. The van der Waals surface area contributed by atoms with Gasteiger partial charge in [0.1, 0.15) is 0 Å². The molecule has 0 radical (unpaired) electrons. The zero-order valence-electron chi connectivity index (χ0n) is 10.2. The number of nitrogens with one attached hydrogen (secondary N) is 1. The lowest BCUT2D eigenvalue weighted by Crippen LogP contribution is -2.43. The molecule has 0 saturated carbocycles. The van der Waals surface area contributed by atoms with Gasteiger partial charge in [-0.2, -0.15) is 0 Å². The topological polar surface area (TPSA) is 96.5 Å². The molecule has 0 atom stereocenters. The fourth-order valence-corrected chi connectivity index (χ4v) is 3.24. The van der Waals surface area contributed by atoms with Gasteiger partial charge in [0.15, 0.2) is 0 Å². The summed E-state index contributed by atoms with van der Waals surface area (Å²) in [6, 6.07) is 0. The first-order valence-corrected chi connectivity index (χ1v) is 7.47. The zero-order chi connectivity index (χ0) is 12.9. The maximum atomic E-state index is 11.9. The minimum Gasteiger partial charge on any atom is -0.387 e. The van der Waals surface area contributed by atoms with Gasteiger partial charge >= 0.3 is 0 Å². The van der Waals surface area contributed by atoms with Crippen LogP contribution >= 0.6 is 0 Å². The molecule has 1 heterocycles. The lowest BCUT2D eigenvalue weighted by molar-refractivity contribution is 0.162. The largest absolute Gasteiger partial charge is 0.387 e. The first kappa shape index (κ1) is 14.4. The molecule has 1 aliphatic heterocycles. The molecule has 1 rings (SSSR count). The molecule has 0 bridgehead atoms. The van der Waals surface area contributed by atoms with Crippen LogP contribution < -0.4 is 5.73 Å². The normalized spacial score (nSPS) is 19.4. The van der Waals surface area contributed by atoms with E-state index in [4.69, 9.17) is 15.9 Å². The number of ether oxygens (including phenoxy) is 1. The van der Waals surface area contributed by atoms with Gasteiger partial charge in [-0.15, -0.1) is 0 Å². The second-order valence-corrected chi connectivity index (χ2v) is 6.23. The van der Waals surface area contributed by atoms with Gasteiger partial charge in [0.05, 0.1) is 18.2 Å². The van der Waals surface area contributed by atoms with E-state index >= 15 is 0 Å². The van der Waals surface area contributed by atoms with Crippen molar-refractivity contribution < 1.29 is 13.2 Å². The molecule has 0 spiro atoms. The van der Waals surface area contributed by atoms with Crippen molar-refractivity contribution in [1.82, 2.24) is 4.31 Å². The first-order valence-electron chi connectivity index (χ1n) is 5.87. The minimum absolute atomic E-state index is 0.0333. The van der Waals surface area contributed by atoms with Gasteiger partial charge in [0.2, 0.25) is 10.0 Å². The van der Waals surface area contributed by atoms with E-state index in [0.717, 1.165) is 0 Å². The highest BCUT2D eigenvalue weighted by atomic mass is 32.2. The lowest BCUT2D eigenvalue weighted by Gasteiger charge is -2.30. The Kier molecular flexibility index (Phi) is 5.35. The van der Waals surface area contributed by atoms with Gasteiger partial charge < -0.3 is 10.5 Å². The number of rotatable bonds is 6. The molecule has 1 saturated heterocycles. The molecule has 0 aromatic rings. The van der Waals surface area contributed by atoms with E-state index in [-0.39, 0.29) is 24.1 Å². The smallest absolute Gasteiger partial charge is 0.216 e. The third-order valence-corrected chi connectivity index (χ3v) is 4.81. The van der Waals surface area contributed by atoms with Crippen LogP contribution in [0.4, 0.5) is 0 Å². The van der Waals surface area contributed by atoms with Crippen molar-refractivity contribution in [1.29, 1.82) is 5.41 Å². The Bertz CT molecular complexity index is 348. The molecule has 3 N–H and O–H groups in total. The van der Waals surface area contributed by atoms with Gasteiger partial charge in [-0.3, -0.25) is 5.41 Å². The van der Waals surface area contributed by atoms with E-state index in [0.29, 0.717) is 32.5 Å². The molecule has 6 nitrogen and oxygen atoms in total. The molecule has 0 aromatic carbocycles. The summed E-state index contributed by atoms with van der Waals surface area (Å²) in [5, 5.41) is 7.34. The van der Waals surface area contributed by atoms with Gasteiger partial charge in [0.25, 0.3) is 0 Å². The highest BCUT2D eigenvalue weighted by Gasteiger charge is 2.28. The van der Waals surface area contributed by atoms with Crippen LogP contribution in [0.5, 0.6) is 0 Å². The van der Waals surface area contributed by atoms with Crippen LogP contribution in [0.15, 0.2) is 0 Å². The third-order valence-electron chi connectivity index (χ3n) is 2.98. The Morgan fingerprint density at radius 1 is 1.47 bits per heavy atom. The molecule has 0 unspecified atom stereocenters. The molecule has 0 aliphatic carbocycles. The van der Waals surface area contributed by atoms with Crippen molar-refractivity contribution >= 4 is 15.9 Å². The summed E-state index contributed by atoms with van der Waals surface area (Å²) in [6.07, 6.45) is 1.28. The molecule has 7 heteroatoms. The third kappa shape index (κ3) is 4.25. The zero-order valence-corrected chi connectivity index (χ0v) is 11.0. The van der Waals surface area contributed by atoms with Crippen LogP contribution in [0, 0.1) is 11.3 Å². The fourth-order valence-electron chi connectivity index (χ4n) is 1.88. The highest BCUT2D eigenvalue weighted by molar-refractivity contribution is 7.89. The summed E-state index contributed by atoms with van der Waals surface area (Å²) in [5.74, 6) is 0.232. The quantitative estimate of drug-likeness (QED) is 0.400. The van der Waals surface area contributed by atoms with Gasteiger partial charge in [0, 0.05) is 25.6 Å². The Hall–Kier alpha value is -0.660. The molecule has 100 valence electrons. The predicted molar refractivity (Wildman–Crippen MR) is 66.5 cm³/mol. The molecule has 0 amide bonds. The summed E-state index contributed by atoms with van der Waals surface area (Å²) in [5.41, 5.74) is 5.42. The average Bonchev–Trinajstić information content (AvgIpc) is 2.29. The Labute approximate surface area is 103 Å². The second kappa shape index (κ2) is 6.32. The number of amidine groups is 1. The Balaban J connectivity index is 2.44. The maximum Gasteiger partial charge on any atom is 0.216 e. The van der Waals surface area contributed by atoms with Gasteiger partial charge in [-0.1, -0.05) is 0 Å². The molecule has 1 fully saturated rings. The minimum atomic E-state index is -3.21. The van der Waals surface area contributed by atoms with Crippen molar-refractivity contribution in [3.8, 4) is 0 Å². The van der Waals surface area contributed by atoms with E-state index < -0.39 is 10.0 Å². The number of piperidine rings is 1. The Morgan fingerprint density at radius 3 is 2.53 bits per heavy atom. The summed E-state index contributed by atoms with van der Waals surface area (Å²) in [6.45, 7) is 3.52.